The van der Waals surface area contributed by atoms with E-state index in [1.54, 1.807) is 0 Å². The van der Waals surface area contributed by atoms with Gasteiger partial charge >= 0.3 is 0 Å². The van der Waals surface area contributed by atoms with Gasteiger partial charge in [-0.3, -0.25) is 9.89 Å². The molecule has 2 aliphatic rings. The minimum Gasteiger partial charge on any atom is -0.370 e. The molecule has 0 radical (unpaired) electrons. The van der Waals surface area contributed by atoms with Gasteiger partial charge in [-0.2, -0.15) is 0 Å². The van der Waals surface area contributed by atoms with Crippen LogP contribution < -0.4 is 5.73 Å². The second-order valence-corrected chi connectivity index (χ2v) is 8.21. The Morgan fingerprint density at radius 3 is 2.91 bits per heavy atom. The van der Waals surface area contributed by atoms with Gasteiger partial charge in [0.1, 0.15) is 0 Å². The molecule has 2 aliphatic heterocycles. The zero-order chi connectivity index (χ0) is 16.2. The van der Waals surface area contributed by atoms with Crippen LogP contribution in [0.5, 0.6) is 0 Å². The van der Waals surface area contributed by atoms with Gasteiger partial charge in [0.2, 0.25) is 0 Å². The summed E-state index contributed by atoms with van der Waals surface area (Å²) < 4.78 is 0. The molecule has 2 saturated heterocycles. The summed E-state index contributed by atoms with van der Waals surface area (Å²) in [7, 11) is 2.25. The maximum absolute atomic E-state index is 6.29. The fourth-order valence-corrected chi connectivity index (χ4v) is 5.05. The van der Waals surface area contributed by atoms with Crippen molar-refractivity contribution in [3.63, 3.8) is 0 Å². The fourth-order valence-electron chi connectivity index (χ4n) is 4.07. The summed E-state index contributed by atoms with van der Waals surface area (Å²) in [5.74, 6) is 2.07. The molecule has 0 bridgehead atoms. The number of hydrogen-bond acceptors (Lipinski definition) is 3. The van der Waals surface area contributed by atoms with Crippen LogP contribution in [0.15, 0.2) is 22.5 Å². The summed E-state index contributed by atoms with van der Waals surface area (Å²) >= 11 is 1.87. The molecule has 3 atom stereocenters. The average Bonchev–Trinajstić information content (AvgIpc) is 3.06. The second kappa shape index (κ2) is 7.67. The summed E-state index contributed by atoms with van der Waals surface area (Å²) in [6.45, 7) is 6.47. The Morgan fingerprint density at radius 2 is 2.17 bits per heavy atom. The molecule has 128 valence electrons. The Morgan fingerprint density at radius 1 is 1.35 bits per heavy atom. The zero-order valence-corrected chi connectivity index (χ0v) is 15.3. The van der Waals surface area contributed by atoms with Crippen LogP contribution in [-0.4, -0.2) is 49.0 Å². The summed E-state index contributed by atoms with van der Waals surface area (Å²) in [4.78, 5) is 11.0. The van der Waals surface area contributed by atoms with Gasteiger partial charge in [-0.25, -0.2) is 0 Å². The molecule has 3 heterocycles. The van der Waals surface area contributed by atoms with Crippen molar-refractivity contribution < 1.29 is 0 Å². The number of hydrogen-bond donors (Lipinski definition) is 1. The first-order chi connectivity index (χ1) is 11.1. The van der Waals surface area contributed by atoms with Crippen LogP contribution >= 0.6 is 11.3 Å². The highest BCUT2D eigenvalue weighted by Crippen LogP contribution is 2.37. The topological polar surface area (TPSA) is 44.9 Å². The smallest absolute Gasteiger partial charge is 0.191 e. The molecule has 1 aromatic heterocycles. The maximum Gasteiger partial charge on any atom is 0.191 e. The number of thiophene rings is 1. The first-order valence-electron chi connectivity index (χ1n) is 8.93. The van der Waals surface area contributed by atoms with Crippen molar-refractivity contribution in [2.45, 2.75) is 38.6 Å². The Kier molecular flexibility index (Phi) is 5.59. The monoisotopic (exact) mass is 334 g/mol. The van der Waals surface area contributed by atoms with E-state index in [9.17, 15) is 0 Å². The highest BCUT2D eigenvalue weighted by molar-refractivity contribution is 7.10. The average molecular weight is 335 g/mol. The summed E-state index contributed by atoms with van der Waals surface area (Å²) in [6.07, 6.45) is 5.07. The Hall–Kier alpha value is -1.07. The largest absolute Gasteiger partial charge is 0.370 e. The van der Waals surface area contributed by atoms with Crippen LogP contribution in [0.4, 0.5) is 0 Å². The maximum atomic E-state index is 6.29. The molecule has 0 aliphatic carbocycles. The van der Waals surface area contributed by atoms with Gasteiger partial charge in [-0.15, -0.1) is 11.3 Å². The molecule has 5 heteroatoms. The number of piperidine rings is 2. The number of aliphatic imine (C=N–C) groups is 1. The first-order valence-corrected chi connectivity index (χ1v) is 9.81. The standard InChI is InChI=1S/C18H30N4S/c1-14-6-3-10-22(13-14)18(19)20-12-15-7-4-9-21(2)17(15)16-8-5-11-23-16/h5,8,11,14-15,17H,3-4,6-7,9-10,12-13H2,1-2H3,(H2,19,20). The minimum absolute atomic E-state index is 0.501. The van der Waals surface area contributed by atoms with Crippen LogP contribution in [0.25, 0.3) is 0 Å². The highest BCUT2D eigenvalue weighted by atomic mass is 32.1. The first kappa shape index (κ1) is 16.8. The van der Waals surface area contributed by atoms with Crippen LogP contribution in [0.1, 0.15) is 43.5 Å². The Bertz CT molecular complexity index is 513. The van der Waals surface area contributed by atoms with E-state index in [1.165, 1.54) is 37.1 Å². The zero-order valence-electron chi connectivity index (χ0n) is 14.4. The lowest BCUT2D eigenvalue weighted by molar-refractivity contribution is 0.128. The van der Waals surface area contributed by atoms with Gasteiger partial charge < -0.3 is 10.6 Å². The van der Waals surface area contributed by atoms with Gasteiger partial charge in [0.15, 0.2) is 5.96 Å². The fraction of sp³-hybridized carbons (Fsp3) is 0.722. The third-order valence-corrected chi connectivity index (χ3v) is 6.25. The van der Waals surface area contributed by atoms with Gasteiger partial charge in [0.05, 0.1) is 0 Å². The van der Waals surface area contributed by atoms with E-state index in [-0.39, 0.29) is 0 Å². The summed E-state index contributed by atoms with van der Waals surface area (Å²) in [5, 5.41) is 2.18. The molecule has 0 amide bonds. The van der Waals surface area contributed by atoms with E-state index in [0.717, 1.165) is 31.5 Å². The van der Waals surface area contributed by atoms with E-state index in [2.05, 4.69) is 41.3 Å². The Labute approximate surface area is 144 Å². The predicted molar refractivity (Wildman–Crippen MR) is 98.9 cm³/mol. The molecule has 2 N–H and O–H groups in total. The highest BCUT2D eigenvalue weighted by Gasteiger charge is 2.31. The molecule has 1 aromatic rings. The van der Waals surface area contributed by atoms with Crippen molar-refractivity contribution in [1.82, 2.24) is 9.80 Å². The predicted octanol–water partition coefficient (Wildman–Crippen LogP) is 3.18. The van der Waals surface area contributed by atoms with Crippen molar-refractivity contribution in [3.05, 3.63) is 22.4 Å². The summed E-state index contributed by atoms with van der Waals surface area (Å²) in [6, 6.07) is 4.93. The van der Waals surface area contributed by atoms with Crippen molar-refractivity contribution >= 4 is 17.3 Å². The van der Waals surface area contributed by atoms with Gasteiger partial charge in [-0.1, -0.05) is 13.0 Å². The lowest BCUT2D eigenvalue weighted by Crippen LogP contribution is -2.44. The van der Waals surface area contributed by atoms with E-state index < -0.39 is 0 Å². The third-order valence-electron chi connectivity index (χ3n) is 5.31. The molecule has 3 rings (SSSR count). The number of nitrogens with two attached hydrogens (primary N) is 1. The van der Waals surface area contributed by atoms with Crippen LogP contribution in [-0.2, 0) is 0 Å². The van der Waals surface area contributed by atoms with Gasteiger partial charge in [0.25, 0.3) is 0 Å². The summed E-state index contributed by atoms with van der Waals surface area (Å²) in [5.41, 5.74) is 6.29. The number of rotatable bonds is 3. The molecule has 0 spiro atoms. The SMILES string of the molecule is CC1CCCN(C(N)=NCC2CCCN(C)C2c2cccs2)C1. The molecular formula is C18H30N4S. The van der Waals surface area contributed by atoms with Crippen molar-refractivity contribution in [2.24, 2.45) is 22.6 Å². The molecule has 3 unspecified atom stereocenters. The van der Waals surface area contributed by atoms with E-state index >= 15 is 0 Å². The van der Waals surface area contributed by atoms with Gasteiger partial charge in [0, 0.05) is 30.6 Å². The normalized spacial score (nSPS) is 30.6. The number of nitrogens with zero attached hydrogens (tertiary/aromatic N) is 3. The van der Waals surface area contributed by atoms with Crippen molar-refractivity contribution in [1.29, 1.82) is 0 Å². The molecule has 23 heavy (non-hydrogen) atoms. The third kappa shape index (κ3) is 4.07. The molecule has 2 fully saturated rings. The van der Waals surface area contributed by atoms with E-state index in [0.29, 0.717) is 12.0 Å². The van der Waals surface area contributed by atoms with Crippen molar-refractivity contribution in [3.8, 4) is 0 Å². The quantitative estimate of drug-likeness (QED) is 0.682. The Balaban J connectivity index is 1.66. The second-order valence-electron chi connectivity index (χ2n) is 7.24. The van der Waals surface area contributed by atoms with Crippen molar-refractivity contribution in [2.75, 3.05) is 33.2 Å². The van der Waals surface area contributed by atoms with Crippen LogP contribution in [0, 0.1) is 11.8 Å². The van der Waals surface area contributed by atoms with Crippen LogP contribution in [0.3, 0.4) is 0 Å². The molecular weight excluding hydrogens is 304 g/mol. The van der Waals surface area contributed by atoms with Gasteiger partial charge in [-0.05, 0) is 62.6 Å². The lowest BCUT2D eigenvalue weighted by atomic mass is 9.88. The van der Waals surface area contributed by atoms with E-state index in [1.807, 2.05) is 11.3 Å². The molecule has 4 nitrogen and oxygen atoms in total. The van der Waals surface area contributed by atoms with E-state index in [4.69, 9.17) is 10.7 Å². The number of likely N-dealkylation sites (tertiary alicyclic amines) is 2. The molecule has 0 saturated carbocycles. The number of guanidine groups is 1. The lowest BCUT2D eigenvalue weighted by Gasteiger charge is -2.38. The minimum atomic E-state index is 0.501. The van der Waals surface area contributed by atoms with Crippen LogP contribution in [0.2, 0.25) is 0 Å². The molecule has 0 aromatic carbocycles.